The largest absolute Gasteiger partial charge is 0.397 e. The topological polar surface area (TPSA) is 72.2 Å². The summed E-state index contributed by atoms with van der Waals surface area (Å²) in [6.07, 6.45) is 0. The van der Waals surface area contributed by atoms with Gasteiger partial charge in [-0.1, -0.05) is 11.6 Å². The molecule has 1 rings (SSSR count). The zero-order valence-electron chi connectivity index (χ0n) is 8.49. The Kier molecular flexibility index (Phi) is 3.46. The molecular formula is C9H13ClN2O2S. The predicted molar refractivity (Wildman–Crippen MR) is 63.5 cm³/mol. The summed E-state index contributed by atoms with van der Waals surface area (Å²) in [5, 5.41) is -0.0862. The monoisotopic (exact) mass is 248 g/mol. The highest BCUT2D eigenvalue weighted by Crippen LogP contribution is 2.23. The molecule has 0 aliphatic carbocycles. The highest BCUT2D eigenvalue weighted by molar-refractivity contribution is 7.93. The molecule has 0 amide bonds. The number of nitrogens with two attached hydrogens (primary N) is 1. The van der Waals surface area contributed by atoms with Crippen LogP contribution >= 0.6 is 11.6 Å². The fraction of sp³-hybridized carbons (Fsp3) is 0.333. The van der Waals surface area contributed by atoms with Crippen molar-refractivity contribution < 1.29 is 8.42 Å². The SMILES string of the molecule is CC(C)S(=O)(=O)Nc1ccc(Cl)c(N)c1. The molecule has 84 valence electrons. The van der Waals surface area contributed by atoms with Gasteiger partial charge in [-0.05, 0) is 32.0 Å². The number of rotatable bonds is 3. The first kappa shape index (κ1) is 12.1. The van der Waals surface area contributed by atoms with Crippen molar-refractivity contribution in [3.8, 4) is 0 Å². The van der Waals surface area contributed by atoms with Gasteiger partial charge in [0.05, 0.1) is 21.6 Å². The van der Waals surface area contributed by atoms with Crippen molar-refractivity contribution in [2.45, 2.75) is 19.1 Å². The van der Waals surface area contributed by atoms with Crippen LogP contribution in [0.5, 0.6) is 0 Å². The minimum absolute atomic E-state index is 0.348. The molecule has 1 aromatic rings. The molecule has 0 atom stereocenters. The minimum Gasteiger partial charge on any atom is -0.397 e. The second kappa shape index (κ2) is 4.28. The highest BCUT2D eigenvalue weighted by atomic mass is 35.5. The lowest BCUT2D eigenvalue weighted by molar-refractivity contribution is 0.593. The van der Waals surface area contributed by atoms with E-state index in [4.69, 9.17) is 17.3 Å². The van der Waals surface area contributed by atoms with Crippen LogP contribution in [0.2, 0.25) is 5.02 Å². The van der Waals surface area contributed by atoms with Gasteiger partial charge in [-0.25, -0.2) is 8.42 Å². The molecule has 0 aromatic heterocycles. The molecule has 6 heteroatoms. The molecule has 15 heavy (non-hydrogen) atoms. The van der Waals surface area contributed by atoms with E-state index in [0.29, 0.717) is 16.4 Å². The Balaban J connectivity index is 2.96. The van der Waals surface area contributed by atoms with Crippen LogP contribution in [0.4, 0.5) is 11.4 Å². The second-order valence-electron chi connectivity index (χ2n) is 3.43. The van der Waals surface area contributed by atoms with E-state index < -0.39 is 15.3 Å². The van der Waals surface area contributed by atoms with Crippen LogP contribution in [-0.4, -0.2) is 13.7 Å². The Morgan fingerprint density at radius 1 is 1.40 bits per heavy atom. The summed E-state index contributed by atoms with van der Waals surface area (Å²) in [6.45, 7) is 3.20. The first-order valence-corrected chi connectivity index (χ1v) is 6.32. The van der Waals surface area contributed by atoms with Crippen molar-refractivity contribution in [1.82, 2.24) is 0 Å². The van der Waals surface area contributed by atoms with Gasteiger partial charge in [0.1, 0.15) is 0 Å². The first-order chi connectivity index (χ1) is 6.83. The Bertz CT molecular complexity index is 457. The van der Waals surface area contributed by atoms with E-state index in [1.165, 1.54) is 6.07 Å². The maximum absolute atomic E-state index is 11.5. The molecule has 0 unspecified atom stereocenters. The summed E-state index contributed by atoms with van der Waals surface area (Å²) in [5.41, 5.74) is 6.32. The molecule has 0 heterocycles. The van der Waals surface area contributed by atoms with Gasteiger partial charge in [0.15, 0.2) is 0 Å². The molecule has 0 aliphatic rings. The number of hydrogen-bond donors (Lipinski definition) is 2. The van der Waals surface area contributed by atoms with E-state index in [2.05, 4.69) is 4.72 Å². The number of nitrogens with one attached hydrogen (secondary N) is 1. The summed E-state index contributed by atoms with van der Waals surface area (Å²) in [5.74, 6) is 0. The number of sulfonamides is 1. The molecule has 3 N–H and O–H groups in total. The van der Waals surface area contributed by atoms with Crippen LogP contribution in [0.1, 0.15) is 13.8 Å². The molecule has 1 aromatic carbocycles. The van der Waals surface area contributed by atoms with Gasteiger partial charge in [-0.15, -0.1) is 0 Å². The third-order valence-corrected chi connectivity index (χ3v) is 3.98. The van der Waals surface area contributed by atoms with Gasteiger partial charge < -0.3 is 5.73 Å². The van der Waals surface area contributed by atoms with E-state index in [0.717, 1.165) is 0 Å². The summed E-state index contributed by atoms with van der Waals surface area (Å²) in [6, 6.07) is 4.61. The van der Waals surface area contributed by atoms with E-state index in [9.17, 15) is 8.42 Å². The third kappa shape index (κ3) is 3.00. The Labute approximate surface area is 94.5 Å². The average Bonchev–Trinajstić information content (AvgIpc) is 2.10. The molecular weight excluding hydrogens is 236 g/mol. The summed E-state index contributed by atoms with van der Waals surface area (Å²) in [4.78, 5) is 0. The normalized spacial score (nSPS) is 11.7. The standard InChI is InChI=1S/C9H13ClN2O2S/c1-6(2)15(13,14)12-7-3-4-8(10)9(11)5-7/h3-6,12H,11H2,1-2H3. The van der Waals surface area contributed by atoms with E-state index >= 15 is 0 Å². The van der Waals surface area contributed by atoms with Crippen LogP contribution in [0.15, 0.2) is 18.2 Å². The number of hydrogen-bond acceptors (Lipinski definition) is 3. The smallest absolute Gasteiger partial charge is 0.235 e. The number of nitrogen functional groups attached to an aromatic ring is 1. The molecule has 0 saturated heterocycles. The summed E-state index contributed by atoms with van der Waals surface area (Å²) >= 11 is 5.71. The van der Waals surface area contributed by atoms with Crippen molar-refractivity contribution >= 4 is 33.0 Å². The van der Waals surface area contributed by atoms with Gasteiger partial charge in [0.25, 0.3) is 0 Å². The molecule has 0 saturated carbocycles. The van der Waals surface area contributed by atoms with Crippen LogP contribution in [-0.2, 0) is 10.0 Å². The average molecular weight is 249 g/mol. The molecule has 0 fully saturated rings. The van der Waals surface area contributed by atoms with Crippen LogP contribution in [0.3, 0.4) is 0 Å². The maximum Gasteiger partial charge on any atom is 0.235 e. The predicted octanol–water partition coefficient (Wildman–Crippen LogP) is 2.07. The summed E-state index contributed by atoms with van der Waals surface area (Å²) in [7, 11) is -3.33. The second-order valence-corrected chi connectivity index (χ2v) is 6.08. The van der Waals surface area contributed by atoms with Crippen molar-refractivity contribution in [3.63, 3.8) is 0 Å². The zero-order chi connectivity index (χ0) is 11.6. The Morgan fingerprint density at radius 3 is 2.47 bits per heavy atom. The van der Waals surface area contributed by atoms with Crippen LogP contribution in [0, 0.1) is 0 Å². The number of benzene rings is 1. The van der Waals surface area contributed by atoms with E-state index in [1.807, 2.05) is 0 Å². The van der Waals surface area contributed by atoms with Crippen molar-refractivity contribution in [1.29, 1.82) is 0 Å². The molecule has 4 nitrogen and oxygen atoms in total. The lowest BCUT2D eigenvalue weighted by Crippen LogP contribution is -2.22. The van der Waals surface area contributed by atoms with Crippen LogP contribution < -0.4 is 10.5 Å². The van der Waals surface area contributed by atoms with Gasteiger partial charge >= 0.3 is 0 Å². The third-order valence-electron chi connectivity index (χ3n) is 1.88. The fourth-order valence-corrected chi connectivity index (χ4v) is 1.70. The molecule has 0 aliphatic heterocycles. The van der Waals surface area contributed by atoms with Gasteiger partial charge in [-0.3, -0.25) is 4.72 Å². The minimum atomic E-state index is -3.33. The van der Waals surface area contributed by atoms with Crippen LogP contribution in [0.25, 0.3) is 0 Å². The number of anilines is 2. The Hall–Kier alpha value is -0.940. The van der Waals surface area contributed by atoms with E-state index in [1.54, 1.807) is 26.0 Å². The molecule has 0 spiro atoms. The lowest BCUT2D eigenvalue weighted by Gasteiger charge is -2.11. The fourth-order valence-electron chi connectivity index (χ4n) is 0.889. The lowest BCUT2D eigenvalue weighted by atomic mass is 10.3. The number of halogens is 1. The molecule has 0 bridgehead atoms. The van der Waals surface area contributed by atoms with Crippen molar-refractivity contribution in [3.05, 3.63) is 23.2 Å². The maximum atomic E-state index is 11.5. The first-order valence-electron chi connectivity index (χ1n) is 4.39. The van der Waals surface area contributed by atoms with E-state index in [-0.39, 0.29) is 0 Å². The van der Waals surface area contributed by atoms with Gasteiger partial charge in [-0.2, -0.15) is 0 Å². The highest BCUT2D eigenvalue weighted by Gasteiger charge is 2.15. The molecule has 0 radical (unpaired) electrons. The summed E-state index contributed by atoms with van der Waals surface area (Å²) < 4.78 is 25.4. The van der Waals surface area contributed by atoms with Crippen molar-refractivity contribution in [2.24, 2.45) is 0 Å². The van der Waals surface area contributed by atoms with Gasteiger partial charge in [0, 0.05) is 0 Å². The van der Waals surface area contributed by atoms with Crippen molar-refractivity contribution in [2.75, 3.05) is 10.5 Å². The van der Waals surface area contributed by atoms with Gasteiger partial charge in [0.2, 0.25) is 10.0 Å². The Morgan fingerprint density at radius 2 is 2.00 bits per heavy atom. The zero-order valence-corrected chi connectivity index (χ0v) is 10.1. The quantitative estimate of drug-likeness (QED) is 0.805.